The molecule has 0 aromatic carbocycles. The smallest absolute Gasteiger partial charge is 0.305 e. The molecule has 0 amide bonds. The van der Waals surface area contributed by atoms with Gasteiger partial charge < -0.3 is 15.2 Å². The first-order valence-electron chi connectivity index (χ1n) is 16.3. The number of likely N-dealkylation sites (N-methyl/N-ethyl adjacent to an activating group) is 1. The second-order valence-electron chi connectivity index (χ2n) is 12.7. The summed E-state index contributed by atoms with van der Waals surface area (Å²) in [4.78, 5) is 30.2. The summed E-state index contributed by atoms with van der Waals surface area (Å²) in [5, 5.41) is 15.0. The van der Waals surface area contributed by atoms with E-state index in [0.717, 1.165) is 88.4 Å². The zero-order valence-electron chi connectivity index (χ0n) is 27.9. The number of hydrogen-bond donors (Lipinski definition) is 2. The SMILES string of the molecule is CCC1=C(C)C2=NC1=CC1=C(C)C3=C(O)CC(=C4NC(=CC5=NC(=C2)C(CN(CC)CC)=C5C)[C@@H](C)[C@@H]4CCC(=O)OC)C3=N1. The average Bonchev–Trinajstić information content (AvgIpc) is 3.77. The summed E-state index contributed by atoms with van der Waals surface area (Å²) in [6, 6.07) is 0. The van der Waals surface area contributed by atoms with Crippen LogP contribution in [0.25, 0.3) is 0 Å². The second-order valence-corrected chi connectivity index (χ2v) is 12.7. The van der Waals surface area contributed by atoms with E-state index in [9.17, 15) is 9.90 Å². The van der Waals surface area contributed by atoms with Crippen LogP contribution in [-0.2, 0) is 9.53 Å². The van der Waals surface area contributed by atoms with Crippen LogP contribution in [0, 0.1) is 11.8 Å². The maximum atomic E-state index is 12.3. The van der Waals surface area contributed by atoms with Crippen molar-refractivity contribution in [2.24, 2.45) is 26.8 Å². The fourth-order valence-electron chi connectivity index (χ4n) is 7.40. The molecule has 2 N–H and O–H groups in total. The number of aliphatic imine (C=N–C) groups is 3. The summed E-state index contributed by atoms with van der Waals surface area (Å²) in [7, 11) is 1.44. The van der Waals surface area contributed by atoms with Crippen LogP contribution in [0.4, 0.5) is 0 Å². The number of nitrogens with zero attached hydrogens (tertiary/aromatic N) is 4. The molecule has 8 heteroatoms. The van der Waals surface area contributed by atoms with E-state index in [1.807, 2.05) is 6.92 Å². The molecule has 5 aliphatic heterocycles. The second kappa shape index (κ2) is 12.0. The highest BCUT2D eigenvalue weighted by atomic mass is 16.5. The number of carbonyl (C=O) groups is 1. The van der Waals surface area contributed by atoms with Gasteiger partial charge in [-0.1, -0.05) is 27.7 Å². The number of nitrogens with one attached hydrogen (secondary N) is 1. The lowest BCUT2D eigenvalue weighted by Crippen LogP contribution is -2.26. The third-order valence-electron chi connectivity index (χ3n) is 10.3. The maximum absolute atomic E-state index is 12.3. The molecular weight excluding hydrogens is 562 g/mol. The van der Waals surface area contributed by atoms with Gasteiger partial charge >= 0.3 is 5.97 Å². The lowest BCUT2D eigenvalue weighted by Gasteiger charge is -2.20. The summed E-state index contributed by atoms with van der Waals surface area (Å²) in [6.45, 7) is 17.9. The highest BCUT2D eigenvalue weighted by Crippen LogP contribution is 2.46. The monoisotopic (exact) mass is 607 g/mol. The normalized spacial score (nSPS) is 24.0. The van der Waals surface area contributed by atoms with Gasteiger partial charge in [0.25, 0.3) is 0 Å². The van der Waals surface area contributed by atoms with Crippen LogP contribution in [0.1, 0.15) is 74.1 Å². The molecule has 8 nitrogen and oxygen atoms in total. The molecule has 5 heterocycles. The van der Waals surface area contributed by atoms with Gasteiger partial charge in [-0.05, 0) is 92.8 Å². The van der Waals surface area contributed by atoms with E-state index in [4.69, 9.17) is 19.7 Å². The molecule has 45 heavy (non-hydrogen) atoms. The first-order chi connectivity index (χ1) is 21.6. The van der Waals surface area contributed by atoms with Crippen molar-refractivity contribution >= 4 is 23.1 Å². The van der Waals surface area contributed by atoms with Crippen molar-refractivity contribution in [3.8, 4) is 0 Å². The average molecular weight is 608 g/mol. The molecule has 1 fully saturated rings. The molecule has 0 aromatic rings. The van der Waals surface area contributed by atoms with E-state index in [-0.39, 0.29) is 17.8 Å². The Labute approximate surface area is 266 Å². The highest BCUT2D eigenvalue weighted by molar-refractivity contribution is 6.21. The van der Waals surface area contributed by atoms with Gasteiger partial charge in [-0.3, -0.25) is 9.69 Å². The Balaban J connectivity index is 1.58. The molecule has 6 aliphatic rings. The predicted molar refractivity (Wildman–Crippen MR) is 181 cm³/mol. The lowest BCUT2D eigenvalue weighted by molar-refractivity contribution is -0.140. The molecule has 0 radical (unpaired) electrons. The minimum Gasteiger partial charge on any atom is -0.511 e. The molecule has 1 saturated heterocycles. The first kappa shape index (κ1) is 31.0. The molecule has 0 aromatic heterocycles. The summed E-state index contributed by atoms with van der Waals surface area (Å²) >= 11 is 0. The standard InChI is InChI=1S/C37H45N5O3/c1-9-23-19(4)28-16-32-26(18-42(10-2)11-3)21(6)27(39-32)15-29-20(5)24(12-13-34(44)45-8)36(40-29)25-14-33(43)35-22(7)30(41-37(25)35)17-31(23)38-28/h15-17,20,24,40,43H,9-14,18H2,1-8H3/t20-,24-/m0/s1. The number of methoxy groups -OCH3 is 1. The van der Waals surface area contributed by atoms with E-state index in [0.29, 0.717) is 25.0 Å². The molecule has 236 valence electrons. The van der Waals surface area contributed by atoms with Gasteiger partial charge in [0.1, 0.15) is 5.76 Å². The number of fused-ring (bicyclic) bond motifs is 5. The van der Waals surface area contributed by atoms with Crippen LogP contribution in [0.2, 0.25) is 0 Å². The number of ether oxygens (including phenoxy) is 1. The van der Waals surface area contributed by atoms with E-state index < -0.39 is 0 Å². The van der Waals surface area contributed by atoms with Gasteiger partial charge in [0.05, 0.1) is 41.3 Å². The fraction of sp³-hybridized carbons (Fsp3) is 0.459. The third-order valence-corrected chi connectivity index (χ3v) is 10.3. The van der Waals surface area contributed by atoms with E-state index >= 15 is 0 Å². The van der Waals surface area contributed by atoms with Gasteiger partial charge in [0.2, 0.25) is 0 Å². The molecule has 6 rings (SSSR count). The first-order valence-corrected chi connectivity index (χ1v) is 16.3. The number of carbonyl (C=O) groups excluding carboxylic acids is 1. The summed E-state index contributed by atoms with van der Waals surface area (Å²) in [5.41, 5.74) is 15.0. The zero-order chi connectivity index (χ0) is 32.2. The van der Waals surface area contributed by atoms with Crippen LogP contribution in [0.5, 0.6) is 0 Å². The molecule has 1 aliphatic carbocycles. The number of esters is 1. The Morgan fingerprint density at radius 1 is 0.978 bits per heavy atom. The molecule has 0 saturated carbocycles. The zero-order valence-corrected chi connectivity index (χ0v) is 27.9. The van der Waals surface area contributed by atoms with Crippen molar-refractivity contribution in [3.05, 3.63) is 91.5 Å². The number of rotatable bonds is 8. The fourth-order valence-corrected chi connectivity index (χ4v) is 7.40. The summed E-state index contributed by atoms with van der Waals surface area (Å²) < 4.78 is 5.01. The lowest BCUT2D eigenvalue weighted by atomic mass is 9.86. The number of hydrogen-bond acceptors (Lipinski definition) is 8. The molecule has 8 bridgehead atoms. The van der Waals surface area contributed by atoms with Crippen LogP contribution in [0.3, 0.4) is 0 Å². The topological polar surface area (TPSA) is 98.9 Å². The summed E-state index contributed by atoms with van der Waals surface area (Å²) in [5.74, 6) is 0.256. The van der Waals surface area contributed by atoms with E-state index in [2.05, 4.69) is 70.0 Å². The minimum absolute atomic E-state index is 0.0360. The number of aliphatic hydroxyl groups is 1. The molecular formula is C37H45N5O3. The number of aliphatic hydroxyl groups excluding tert-OH is 1. The molecule has 0 unspecified atom stereocenters. The Kier molecular flexibility index (Phi) is 8.29. The Morgan fingerprint density at radius 2 is 1.64 bits per heavy atom. The maximum Gasteiger partial charge on any atom is 0.305 e. The summed E-state index contributed by atoms with van der Waals surface area (Å²) in [6.07, 6.45) is 8.63. The van der Waals surface area contributed by atoms with Crippen LogP contribution < -0.4 is 5.32 Å². The van der Waals surface area contributed by atoms with Crippen LogP contribution in [-0.4, -0.2) is 59.9 Å². The quantitative estimate of drug-likeness (QED) is 0.291. The largest absolute Gasteiger partial charge is 0.511 e. The Bertz CT molecular complexity index is 1730. The van der Waals surface area contributed by atoms with E-state index in [1.165, 1.54) is 29.4 Å². The van der Waals surface area contributed by atoms with Gasteiger partial charge in [0, 0.05) is 53.8 Å². The Hall–Kier alpha value is -4.04. The minimum atomic E-state index is -0.221. The van der Waals surface area contributed by atoms with Crippen LogP contribution in [0.15, 0.2) is 106 Å². The van der Waals surface area contributed by atoms with Crippen molar-refractivity contribution < 1.29 is 14.6 Å². The molecule has 2 atom stereocenters. The predicted octanol–water partition coefficient (Wildman–Crippen LogP) is 6.95. The van der Waals surface area contributed by atoms with E-state index in [1.54, 1.807) is 0 Å². The molecule has 0 spiro atoms. The van der Waals surface area contributed by atoms with Crippen LogP contribution >= 0.6 is 0 Å². The van der Waals surface area contributed by atoms with Gasteiger partial charge in [-0.15, -0.1) is 0 Å². The third kappa shape index (κ3) is 5.23. The van der Waals surface area contributed by atoms with Gasteiger partial charge in [-0.2, -0.15) is 0 Å². The van der Waals surface area contributed by atoms with Crippen molar-refractivity contribution in [2.45, 2.75) is 74.1 Å². The van der Waals surface area contributed by atoms with Crippen molar-refractivity contribution in [3.63, 3.8) is 0 Å². The van der Waals surface area contributed by atoms with Crippen molar-refractivity contribution in [1.82, 2.24) is 10.2 Å². The number of allylic oxidation sites excluding steroid dienone is 11. The Morgan fingerprint density at radius 3 is 2.31 bits per heavy atom. The van der Waals surface area contributed by atoms with Gasteiger partial charge in [-0.25, -0.2) is 15.0 Å². The highest BCUT2D eigenvalue weighted by Gasteiger charge is 2.41. The van der Waals surface area contributed by atoms with Crippen molar-refractivity contribution in [2.75, 3.05) is 26.7 Å². The van der Waals surface area contributed by atoms with Crippen molar-refractivity contribution in [1.29, 1.82) is 0 Å². The van der Waals surface area contributed by atoms with Gasteiger partial charge in [0.15, 0.2) is 0 Å².